The molecule has 0 atom stereocenters. The average Bonchev–Trinajstić information content (AvgIpc) is 3.20. The molecular formula is C15H22N4O. The normalized spacial score (nSPS) is 21.2. The topological polar surface area (TPSA) is 79.2 Å². The second-order valence-electron chi connectivity index (χ2n) is 5.83. The number of nitrogens with one attached hydrogen (secondary N) is 3. The third kappa shape index (κ3) is 2.88. The predicted molar refractivity (Wildman–Crippen MR) is 79.3 cm³/mol. The van der Waals surface area contributed by atoms with Gasteiger partial charge in [0.25, 0.3) is 0 Å². The van der Waals surface area contributed by atoms with E-state index in [4.69, 9.17) is 5.73 Å². The fraction of sp³-hybridized carbons (Fsp3) is 0.533. The molecule has 5 nitrogen and oxygen atoms in total. The van der Waals surface area contributed by atoms with Crippen molar-refractivity contribution in [3.63, 3.8) is 0 Å². The van der Waals surface area contributed by atoms with Crippen LogP contribution in [0.5, 0.6) is 0 Å². The first-order valence-corrected chi connectivity index (χ1v) is 7.33. The molecular weight excluding hydrogens is 252 g/mol. The van der Waals surface area contributed by atoms with Crippen LogP contribution in [0, 0.1) is 0 Å². The van der Waals surface area contributed by atoms with Gasteiger partial charge in [-0.1, -0.05) is 12.1 Å². The van der Waals surface area contributed by atoms with E-state index in [1.807, 2.05) is 24.3 Å². The maximum absolute atomic E-state index is 12.2. The van der Waals surface area contributed by atoms with E-state index in [0.29, 0.717) is 0 Å². The molecule has 0 aromatic heterocycles. The zero-order valence-electron chi connectivity index (χ0n) is 11.6. The number of hydrogen-bond acceptors (Lipinski definition) is 3. The van der Waals surface area contributed by atoms with Crippen LogP contribution in [0.4, 0.5) is 10.5 Å². The Labute approximate surface area is 119 Å². The van der Waals surface area contributed by atoms with Gasteiger partial charge < -0.3 is 21.7 Å². The zero-order valence-corrected chi connectivity index (χ0v) is 11.6. The molecule has 20 heavy (non-hydrogen) atoms. The van der Waals surface area contributed by atoms with E-state index < -0.39 is 0 Å². The number of anilines is 1. The number of rotatable bonds is 3. The van der Waals surface area contributed by atoms with E-state index in [0.717, 1.165) is 50.0 Å². The zero-order chi connectivity index (χ0) is 14.0. The maximum Gasteiger partial charge on any atom is 0.315 e. The highest BCUT2D eigenvalue weighted by atomic mass is 16.2. The van der Waals surface area contributed by atoms with Crippen molar-refractivity contribution in [2.24, 2.45) is 0 Å². The second-order valence-corrected chi connectivity index (χ2v) is 5.83. The fourth-order valence-corrected chi connectivity index (χ4v) is 2.85. The summed E-state index contributed by atoms with van der Waals surface area (Å²) >= 11 is 0. The lowest BCUT2D eigenvalue weighted by Gasteiger charge is -2.26. The molecule has 5 heteroatoms. The largest absolute Gasteiger partial charge is 0.399 e. The summed E-state index contributed by atoms with van der Waals surface area (Å²) in [7, 11) is 0. The lowest BCUT2D eigenvalue weighted by Crippen LogP contribution is -2.49. The number of nitrogens with two attached hydrogens (primary N) is 1. The SMILES string of the molecule is Nc1cccc(C2(NC(=O)NC3CCNCC3)CC2)c1. The van der Waals surface area contributed by atoms with Gasteiger partial charge in [-0.15, -0.1) is 0 Å². The summed E-state index contributed by atoms with van der Waals surface area (Å²) in [6.45, 7) is 1.95. The third-order valence-electron chi connectivity index (χ3n) is 4.22. The molecule has 1 aliphatic heterocycles. The van der Waals surface area contributed by atoms with E-state index in [2.05, 4.69) is 16.0 Å². The van der Waals surface area contributed by atoms with Crippen LogP contribution >= 0.6 is 0 Å². The Kier molecular flexibility index (Phi) is 3.53. The molecule has 2 amide bonds. The Morgan fingerprint density at radius 2 is 2.05 bits per heavy atom. The number of hydrogen-bond donors (Lipinski definition) is 4. The van der Waals surface area contributed by atoms with Crippen LogP contribution in [0.25, 0.3) is 0 Å². The smallest absolute Gasteiger partial charge is 0.315 e. The van der Waals surface area contributed by atoms with Crippen molar-refractivity contribution < 1.29 is 4.79 Å². The van der Waals surface area contributed by atoms with Gasteiger partial charge in [-0.05, 0) is 56.5 Å². The molecule has 108 valence electrons. The van der Waals surface area contributed by atoms with Crippen molar-refractivity contribution in [3.8, 4) is 0 Å². The van der Waals surface area contributed by atoms with Gasteiger partial charge >= 0.3 is 6.03 Å². The summed E-state index contributed by atoms with van der Waals surface area (Å²) in [6, 6.07) is 8.03. The number of carbonyl (C=O) groups excluding carboxylic acids is 1. The molecule has 2 fully saturated rings. The summed E-state index contributed by atoms with van der Waals surface area (Å²) in [6.07, 6.45) is 3.96. The summed E-state index contributed by atoms with van der Waals surface area (Å²) in [5.41, 5.74) is 7.48. The van der Waals surface area contributed by atoms with Crippen LogP contribution in [0.1, 0.15) is 31.2 Å². The molecule has 1 heterocycles. The minimum atomic E-state index is -0.202. The van der Waals surface area contributed by atoms with Crippen LogP contribution in [-0.2, 0) is 5.54 Å². The van der Waals surface area contributed by atoms with Gasteiger partial charge in [-0.2, -0.15) is 0 Å². The van der Waals surface area contributed by atoms with Gasteiger partial charge in [-0.25, -0.2) is 4.79 Å². The molecule has 0 radical (unpaired) electrons. The van der Waals surface area contributed by atoms with Crippen molar-refractivity contribution >= 4 is 11.7 Å². The second kappa shape index (κ2) is 5.32. The molecule has 3 rings (SSSR count). The van der Waals surface area contributed by atoms with E-state index in [1.165, 1.54) is 0 Å². The molecule has 1 saturated carbocycles. The van der Waals surface area contributed by atoms with Crippen LogP contribution < -0.4 is 21.7 Å². The first-order valence-electron chi connectivity index (χ1n) is 7.33. The first-order chi connectivity index (χ1) is 9.68. The molecule has 0 bridgehead atoms. The summed E-state index contributed by atoms with van der Waals surface area (Å²) in [4.78, 5) is 12.2. The molecule has 1 aliphatic carbocycles. The van der Waals surface area contributed by atoms with Gasteiger partial charge in [-0.3, -0.25) is 0 Å². The van der Waals surface area contributed by atoms with E-state index in [9.17, 15) is 4.79 Å². The number of nitrogen functional groups attached to an aromatic ring is 1. The van der Waals surface area contributed by atoms with Gasteiger partial charge in [0.1, 0.15) is 0 Å². The number of piperidine rings is 1. The van der Waals surface area contributed by atoms with Crippen molar-refractivity contribution in [2.75, 3.05) is 18.8 Å². The highest BCUT2D eigenvalue weighted by molar-refractivity contribution is 5.76. The van der Waals surface area contributed by atoms with E-state index in [1.54, 1.807) is 0 Å². The molecule has 0 unspecified atom stereocenters. The highest BCUT2D eigenvalue weighted by Gasteiger charge is 2.45. The summed E-state index contributed by atoms with van der Waals surface area (Å²) < 4.78 is 0. The first kappa shape index (κ1) is 13.2. The summed E-state index contributed by atoms with van der Waals surface area (Å²) in [5.74, 6) is 0. The van der Waals surface area contributed by atoms with Crippen molar-refractivity contribution in [3.05, 3.63) is 29.8 Å². The number of amides is 2. The minimum Gasteiger partial charge on any atom is -0.399 e. The van der Waals surface area contributed by atoms with Crippen molar-refractivity contribution in [1.29, 1.82) is 0 Å². The van der Waals surface area contributed by atoms with Crippen molar-refractivity contribution in [2.45, 2.75) is 37.3 Å². The standard InChI is InChI=1S/C15H22N4O/c16-12-3-1-2-11(10-12)15(6-7-15)19-14(20)18-13-4-8-17-9-5-13/h1-3,10,13,17H,4-9,16H2,(H2,18,19,20). The predicted octanol–water partition coefficient (Wildman–Crippen LogP) is 1.31. The third-order valence-corrected chi connectivity index (χ3v) is 4.22. The van der Waals surface area contributed by atoms with Gasteiger partial charge in [0.2, 0.25) is 0 Å². The van der Waals surface area contributed by atoms with E-state index >= 15 is 0 Å². The lowest BCUT2D eigenvalue weighted by atomic mass is 10.0. The number of carbonyl (C=O) groups is 1. The van der Waals surface area contributed by atoms with Crippen LogP contribution in [0.3, 0.4) is 0 Å². The average molecular weight is 274 g/mol. The maximum atomic E-state index is 12.2. The lowest BCUT2D eigenvalue weighted by molar-refractivity contribution is 0.228. The molecule has 1 aromatic carbocycles. The molecule has 2 aliphatic rings. The highest BCUT2D eigenvalue weighted by Crippen LogP contribution is 2.45. The van der Waals surface area contributed by atoms with Crippen LogP contribution in [0.2, 0.25) is 0 Å². The van der Waals surface area contributed by atoms with Crippen molar-refractivity contribution in [1.82, 2.24) is 16.0 Å². The number of benzene rings is 1. The number of urea groups is 1. The van der Waals surface area contributed by atoms with Gasteiger partial charge in [0.15, 0.2) is 0 Å². The molecule has 1 aromatic rings. The van der Waals surface area contributed by atoms with Gasteiger partial charge in [0.05, 0.1) is 5.54 Å². The Morgan fingerprint density at radius 3 is 2.70 bits per heavy atom. The molecule has 5 N–H and O–H groups in total. The minimum absolute atomic E-state index is 0.0585. The van der Waals surface area contributed by atoms with E-state index in [-0.39, 0.29) is 17.6 Å². The van der Waals surface area contributed by atoms with Gasteiger partial charge in [0, 0.05) is 11.7 Å². The Balaban J connectivity index is 1.60. The summed E-state index contributed by atoms with van der Waals surface area (Å²) in [5, 5.41) is 9.51. The molecule has 0 spiro atoms. The van der Waals surface area contributed by atoms with Crippen LogP contribution in [0.15, 0.2) is 24.3 Å². The Bertz CT molecular complexity index is 492. The van der Waals surface area contributed by atoms with Crippen LogP contribution in [-0.4, -0.2) is 25.2 Å². The fourth-order valence-electron chi connectivity index (χ4n) is 2.85. The molecule has 1 saturated heterocycles. The Hall–Kier alpha value is -1.75. The monoisotopic (exact) mass is 274 g/mol. The Morgan fingerprint density at radius 1 is 1.30 bits per heavy atom. The quantitative estimate of drug-likeness (QED) is 0.627.